The van der Waals surface area contributed by atoms with Gasteiger partial charge in [0.1, 0.15) is 0 Å². The summed E-state index contributed by atoms with van der Waals surface area (Å²) in [5.74, 6) is 1.45. The first kappa shape index (κ1) is 11.9. The van der Waals surface area contributed by atoms with Crippen molar-refractivity contribution in [3.05, 3.63) is 23.4 Å². The lowest BCUT2D eigenvalue weighted by molar-refractivity contribution is 0.146. The number of likely N-dealkylation sites (tertiary alicyclic amines) is 1. The molecule has 0 amide bonds. The average molecular weight is 263 g/mol. The van der Waals surface area contributed by atoms with Crippen molar-refractivity contribution in [2.45, 2.75) is 32.2 Å². The van der Waals surface area contributed by atoms with Crippen LogP contribution >= 0.6 is 11.3 Å². The molecular weight excluding hydrogens is 246 g/mol. The Morgan fingerprint density at radius 2 is 2.17 bits per heavy atom. The lowest BCUT2D eigenvalue weighted by Gasteiger charge is -2.29. The molecular formula is C13H17N3OS. The third kappa shape index (κ3) is 2.33. The molecule has 0 spiro atoms. The summed E-state index contributed by atoms with van der Waals surface area (Å²) in [6.45, 7) is 4.42. The molecule has 0 aromatic carbocycles. The molecule has 96 valence electrons. The van der Waals surface area contributed by atoms with E-state index in [1.165, 1.54) is 19.3 Å². The van der Waals surface area contributed by atoms with Crippen LogP contribution in [0, 0.1) is 0 Å². The lowest BCUT2D eigenvalue weighted by atomic mass is 10.1. The van der Waals surface area contributed by atoms with Gasteiger partial charge in [0.25, 0.3) is 0 Å². The molecule has 1 aliphatic heterocycles. The summed E-state index contributed by atoms with van der Waals surface area (Å²) in [6, 6.07) is 4.25. The van der Waals surface area contributed by atoms with Crippen molar-refractivity contribution >= 4 is 11.3 Å². The second-order valence-corrected chi connectivity index (χ2v) is 5.65. The highest BCUT2D eigenvalue weighted by molar-refractivity contribution is 7.13. The Hall–Kier alpha value is -1.20. The Labute approximate surface area is 111 Å². The molecule has 0 N–H and O–H groups in total. The van der Waals surface area contributed by atoms with Crippen LogP contribution in [-0.4, -0.2) is 28.1 Å². The molecule has 0 aliphatic carbocycles. The fourth-order valence-electron chi connectivity index (χ4n) is 2.37. The number of piperidine rings is 1. The van der Waals surface area contributed by atoms with Gasteiger partial charge >= 0.3 is 0 Å². The van der Waals surface area contributed by atoms with Gasteiger partial charge in [0.15, 0.2) is 0 Å². The predicted molar refractivity (Wildman–Crippen MR) is 71.5 cm³/mol. The maximum Gasteiger partial charge on any atom is 0.244 e. The molecule has 2 aromatic rings. The number of rotatable bonds is 3. The van der Waals surface area contributed by atoms with Gasteiger partial charge in [0, 0.05) is 0 Å². The van der Waals surface area contributed by atoms with Crippen molar-refractivity contribution in [2.75, 3.05) is 13.1 Å². The van der Waals surface area contributed by atoms with Crippen LogP contribution in [0.15, 0.2) is 22.0 Å². The Kier molecular flexibility index (Phi) is 3.43. The van der Waals surface area contributed by atoms with Gasteiger partial charge in [-0.1, -0.05) is 17.6 Å². The van der Waals surface area contributed by atoms with Gasteiger partial charge in [0.2, 0.25) is 11.7 Å². The van der Waals surface area contributed by atoms with Crippen LogP contribution in [0.1, 0.15) is 38.1 Å². The molecule has 1 aliphatic rings. The molecule has 0 saturated carbocycles. The van der Waals surface area contributed by atoms with E-state index < -0.39 is 0 Å². The molecule has 3 heterocycles. The average Bonchev–Trinajstić information content (AvgIpc) is 3.09. The highest BCUT2D eigenvalue weighted by Gasteiger charge is 2.23. The van der Waals surface area contributed by atoms with E-state index in [0.29, 0.717) is 5.82 Å². The summed E-state index contributed by atoms with van der Waals surface area (Å²) in [7, 11) is 0. The Balaban J connectivity index is 1.76. The minimum absolute atomic E-state index is 0.228. The largest absolute Gasteiger partial charge is 0.337 e. The zero-order valence-corrected chi connectivity index (χ0v) is 11.3. The monoisotopic (exact) mass is 263 g/mol. The van der Waals surface area contributed by atoms with E-state index in [1.54, 1.807) is 11.3 Å². The van der Waals surface area contributed by atoms with Gasteiger partial charge < -0.3 is 4.52 Å². The third-order valence-corrected chi connectivity index (χ3v) is 4.34. The number of hydrogen-bond donors (Lipinski definition) is 0. The fourth-order valence-corrected chi connectivity index (χ4v) is 3.02. The minimum atomic E-state index is 0.228. The van der Waals surface area contributed by atoms with E-state index in [-0.39, 0.29) is 6.04 Å². The van der Waals surface area contributed by atoms with E-state index >= 15 is 0 Å². The van der Waals surface area contributed by atoms with Crippen LogP contribution < -0.4 is 0 Å². The van der Waals surface area contributed by atoms with Gasteiger partial charge in [0.05, 0.1) is 10.9 Å². The highest BCUT2D eigenvalue weighted by atomic mass is 32.1. The van der Waals surface area contributed by atoms with Crippen molar-refractivity contribution in [3.8, 4) is 10.7 Å². The summed E-state index contributed by atoms with van der Waals surface area (Å²) in [6.07, 6.45) is 3.89. The summed E-state index contributed by atoms with van der Waals surface area (Å²) in [4.78, 5) is 8.01. The quantitative estimate of drug-likeness (QED) is 0.851. The normalized spacial score (nSPS) is 18.9. The molecule has 4 nitrogen and oxygen atoms in total. The van der Waals surface area contributed by atoms with Gasteiger partial charge in [-0.15, -0.1) is 11.3 Å². The molecule has 18 heavy (non-hydrogen) atoms. The summed E-state index contributed by atoms with van der Waals surface area (Å²) in [5.41, 5.74) is 0. The molecule has 3 rings (SSSR count). The van der Waals surface area contributed by atoms with Gasteiger partial charge in [-0.3, -0.25) is 4.90 Å². The van der Waals surface area contributed by atoms with Crippen molar-refractivity contribution in [1.82, 2.24) is 15.0 Å². The van der Waals surface area contributed by atoms with E-state index in [1.807, 2.05) is 17.5 Å². The number of thiophene rings is 1. The van der Waals surface area contributed by atoms with E-state index in [2.05, 4.69) is 22.0 Å². The van der Waals surface area contributed by atoms with Crippen molar-refractivity contribution in [2.24, 2.45) is 0 Å². The summed E-state index contributed by atoms with van der Waals surface area (Å²) >= 11 is 1.64. The van der Waals surface area contributed by atoms with E-state index in [9.17, 15) is 0 Å². The number of hydrogen-bond acceptors (Lipinski definition) is 5. The molecule has 1 atom stereocenters. The van der Waals surface area contributed by atoms with Crippen LogP contribution in [0.5, 0.6) is 0 Å². The third-order valence-electron chi connectivity index (χ3n) is 3.48. The zero-order valence-electron chi connectivity index (χ0n) is 10.5. The number of aromatic nitrogens is 2. The first-order valence-electron chi connectivity index (χ1n) is 6.46. The van der Waals surface area contributed by atoms with Gasteiger partial charge in [-0.25, -0.2) is 0 Å². The smallest absolute Gasteiger partial charge is 0.244 e. The van der Waals surface area contributed by atoms with E-state index in [4.69, 9.17) is 4.52 Å². The van der Waals surface area contributed by atoms with Crippen molar-refractivity contribution in [1.29, 1.82) is 0 Å². The molecule has 1 fully saturated rings. The molecule has 0 radical (unpaired) electrons. The Morgan fingerprint density at radius 1 is 1.33 bits per heavy atom. The molecule has 0 unspecified atom stereocenters. The van der Waals surface area contributed by atoms with Crippen molar-refractivity contribution in [3.63, 3.8) is 0 Å². The highest BCUT2D eigenvalue weighted by Crippen LogP contribution is 2.26. The van der Waals surface area contributed by atoms with Crippen LogP contribution in [-0.2, 0) is 0 Å². The van der Waals surface area contributed by atoms with Gasteiger partial charge in [-0.2, -0.15) is 4.98 Å². The topological polar surface area (TPSA) is 42.2 Å². The van der Waals surface area contributed by atoms with Crippen LogP contribution in [0.4, 0.5) is 0 Å². The lowest BCUT2D eigenvalue weighted by Crippen LogP contribution is -2.32. The van der Waals surface area contributed by atoms with E-state index in [0.717, 1.165) is 23.9 Å². The molecule has 2 aromatic heterocycles. The Morgan fingerprint density at radius 3 is 2.89 bits per heavy atom. The first-order valence-corrected chi connectivity index (χ1v) is 7.34. The second-order valence-electron chi connectivity index (χ2n) is 4.71. The SMILES string of the molecule is C[C@@H](c1nc(-c2cccs2)no1)N1CCCCC1. The minimum Gasteiger partial charge on any atom is -0.337 e. The maximum atomic E-state index is 5.41. The first-order chi connectivity index (χ1) is 8.84. The zero-order chi connectivity index (χ0) is 12.4. The molecule has 1 saturated heterocycles. The molecule has 5 heteroatoms. The fraction of sp³-hybridized carbons (Fsp3) is 0.538. The maximum absolute atomic E-state index is 5.41. The van der Waals surface area contributed by atoms with Crippen molar-refractivity contribution < 1.29 is 4.52 Å². The molecule has 0 bridgehead atoms. The second kappa shape index (κ2) is 5.20. The standard InChI is InChI=1S/C13H17N3OS/c1-10(16-7-3-2-4-8-16)13-14-12(15-17-13)11-6-5-9-18-11/h5-6,9-10H,2-4,7-8H2,1H3/t10-/m0/s1. The number of nitrogens with zero attached hydrogens (tertiary/aromatic N) is 3. The van der Waals surface area contributed by atoms with Crippen LogP contribution in [0.3, 0.4) is 0 Å². The van der Waals surface area contributed by atoms with Crippen LogP contribution in [0.2, 0.25) is 0 Å². The van der Waals surface area contributed by atoms with Crippen LogP contribution in [0.25, 0.3) is 10.7 Å². The Bertz CT molecular complexity index is 488. The predicted octanol–water partition coefficient (Wildman–Crippen LogP) is 3.35. The summed E-state index contributed by atoms with van der Waals surface area (Å²) in [5, 5.41) is 6.10. The van der Waals surface area contributed by atoms with Gasteiger partial charge in [-0.05, 0) is 44.3 Å². The summed E-state index contributed by atoms with van der Waals surface area (Å²) < 4.78 is 5.41.